The lowest BCUT2D eigenvalue weighted by Crippen LogP contribution is -2.20. The number of hydrogen-bond donors (Lipinski definition) is 1. The van der Waals surface area contributed by atoms with Crippen LogP contribution in [0.1, 0.15) is 16.7 Å². The maximum absolute atomic E-state index is 13.2. The van der Waals surface area contributed by atoms with Crippen LogP contribution in [0.5, 0.6) is 11.5 Å². The van der Waals surface area contributed by atoms with Gasteiger partial charge < -0.3 is 8.92 Å². The number of pyridine rings is 1. The van der Waals surface area contributed by atoms with Crippen molar-refractivity contribution < 1.29 is 35.3 Å². The number of ether oxygens (including phenoxy) is 1. The summed E-state index contributed by atoms with van der Waals surface area (Å²) in [5, 5.41) is 3.63. The zero-order valence-corrected chi connectivity index (χ0v) is 18.4. The third kappa shape index (κ3) is 6.54. The van der Waals surface area contributed by atoms with Crippen LogP contribution in [0.4, 0.5) is 13.2 Å². The molecule has 8 nitrogen and oxygen atoms in total. The Kier molecular flexibility index (Phi) is 7.51. The number of amides is 1. The van der Waals surface area contributed by atoms with Crippen LogP contribution < -0.4 is 14.3 Å². The monoisotopic (exact) mass is 493 g/mol. The second-order valence-electron chi connectivity index (χ2n) is 6.80. The molecule has 3 rings (SSSR count). The fraction of sp³-hybridized carbons (Fsp3) is 0.136. The van der Waals surface area contributed by atoms with Gasteiger partial charge in [0.25, 0.3) is 0 Å². The highest BCUT2D eigenvalue weighted by Crippen LogP contribution is 2.32. The van der Waals surface area contributed by atoms with E-state index in [-0.39, 0.29) is 12.2 Å². The highest BCUT2D eigenvalue weighted by molar-refractivity contribution is 7.87. The molecular weight excluding hydrogens is 475 g/mol. The van der Waals surface area contributed by atoms with Gasteiger partial charge in [-0.05, 0) is 48.0 Å². The Bertz CT molecular complexity index is 1300. The second-order valence-corrected chi connectivity index (χ2v) is 8.31. The van der Waals surface area contributed by atoms with Gasteiger partial charge in [0.15, 0.2) is 5.75 Å². The standard InChI is InChI=1S/C22H18F3N3O5S/c1-32-18-5-2-4-15(10-18)11-21(29)28-27-13-16-12-17(22(23,24)25)7-8-20(16)34(30,31)33-19-6-3-9-26-14-19/h2-10,12-14H,11H2,1H3,(H,28,29). The van der Waals surface area contributed by atoms with E-state index in [0.29, 0.717) is 23.4 Å². The largest absolute Gasteiger partial charge is 0.497 e. The first-order valence-electron chi connectivity index (χ1n) is 9.59. The van der Waals surface area contributed by atoms with Crippen LogP contribution >= 0.6 is 0 Å². The van der Waals surface area contributed by atoms with Gasteiger partial charge >= 0.3 is 16.3 Å². The maximum Gasteiger partial charge on any atom is 0.416 e. The van der Waals surface area contributed by atoms with Crippen molar-refractivity contribution in [2.75, 3.05) is 7.11 Å². The average molecular weight is 493 g/mol. The minimum atomic E-state index is -4.73. The number of halogens is 3. The molecule has 0 radical (unpaired) electrons. The van der Waals surface area contributed by atoms with Crippen molar-refractivity contribution in [3.05, 3.63) is 83.7 Å². The summed E-state index contributed by atoms with van der Waals surface area (Å²) in [6.07, 6.45) is -1.49. The lowest BCUT2D eigenvalue weighted by molar-refractivity contribution is -0.137. The van der Waals surface area contributed by atoms with E-state index < -0.39 is 38.2 Å². The van der Waals surface area contributed by atoms with Gasteiger partial charge in [0, 0.05) is 11.8 Å². The predicted molar refractivity (Wildman–Crippen MR) is 116 cm³/mol. The Hall–Kier alpha value is -3.93. The number of hydrogen-bond acceptors (Lipinski definition) is 7. The molecule has 1 N–H and O–H groups in total. The van der Waals surface area contributed by atoms with Crippen molar-refractivity contribution in [2.45, 2.75) is 17.5 Å². The van der Waals surface area contributed by atoms with Crippen LogP contribution in [0.2, 0.25) is 0 Å². The van der Waals surface area contributed by atoms with Crippen molar-refractivity contribution in [3.8, 4) is 11.5 Å². The lowest BCUT2D eigenvalue weighted by Gasteiger charge is -2.12. The molecule has 0 aliphatic rings. The average Bonchev–Trinajstić information content (AvgIpc) is 2.79. The van der Waals surface area contributed by atoms with Gasteiger partial charge in [-0.15, -0.1) is 0 Å². The summed E-state index contributed by atoms with van der Waals surface area (Å²) in [5.74, 6) is -0.161. The van der Waals surface area contributed by atoms with E-state index >= 15 is 0 Å². The van der Waals surface area contributed by atoms with Crippen molar-refractivity contribution in [2.24, 2.45) is 5.10 Å². The zero-order chi connectivity index (χ0) is 24.8. The summed E-state index contributed by atoms with van der Waals surface area (Å²) in [6.45, 7) is 0. The van der Waals surface area contributed by atoms with Gasteiger partial charge in [0.05, 0.1) is 31.5 Å². The first-order chi connectivity index (χ1) is 16.1. The molecule has 12 heteroatoms. The van der Waals surface area contributed by atoms with E-state index in [0.717, 1.165) is 18.5 Å². The summed E-state index contributed by atoms with van der Waals surface area (Å²) in [6, 6.07) is 11.4. The van der Waals surface area contributed by atoms with Gasteiger partial charge in [-0.3, -0.25) is 9.78 Å². The quantitative estimate of drug-likeness (QED) is 0.292. The van der Waals surface area contributed by atoms with E-state index in [9.17, 15) is 26.4 Å². The molecule has 2 aromatic carbocycles. The molecule has 0 unspecified atom stereocenters. The van der Waals surface area contributed by atoms with Crippen LogP contribution in [0.15, 0.2) is 77.0 Å². The Morgan fingerprint density at radius 3 is 2.56 bits per heavy atom. The molecule has 3 aromatic rings. The molecule has 0 bridgehead atoms. The van der Waals surface area contributed by atoms with Gasteiger partial charge in [-0.2, -0.15) is 26.7 Å². The number of nitrogens with zero attached hydrogens (tertiary/aromatic N) is 2. The molecule has 0 fully saturated rings. The molecular formula is C22H18F3N3O5S. The second kappa shape index (κ2) is 10.3. The third-order valence-corrected chi connectivity index (χ3v) is 5.66. The van der Waals surface area contributed by atoms with Gasteiger partial charge in [0.1, 0.15) is 10.6 Å². The fourth-order valence-electron chi connectivity index (χ4n) is 2.80. The Morgan fingerprint density at radius 2 is 1.88 bits per heavy atom. The summed E-state index contributed by atoms with van der Waals surface area (Å²) < 4.78 is 75.0. The highest BCUT2D eigenvalue weighted by atomic mass is 32.2. The molecule has 1 amide bonds. The van der Waals surface area contributed by atoms with Gasteiger partial charge in [0.2, 0.25) is 5.91 Å². The summed E-state index contributed by atoms with van der Waals surface area (Å²) in [4.78, 5) is 15.3. The molecule has 0 saturated heterocycles. The number of nitrogens with one attached hydrogen (secondary N) is 1. The van der Waals surface area contributed by atoms with Gasteiger partial charge in [-0.1, -0.05) is 12.1 Å². The molecule has 0 aliphatic carbocycles. The molecule has 178 valence electrons. The summed E-state index contributed by atoms with van der Waals surface area (Å²) >= 11 is 0. The first kappa shape index (κ1) is 24.7. The number of alkyl halides is 3. The lowest BCUT2D eigenvalue weighted by atomic mass is 10.1. The zero-order valence-electron chi connectivity index (χ0n) is 17.6. The SMILES string of the molecule is COc1cccc(CC(=O)NN=Cc2cc(C(F)(F)F)ccc2S(=O)(=O)Oc2cccnc2)c1. The van der Waals surface area contributed by atoms with Crippen LogP contribution in [0.3, 0.4) is 0 Å². The number of hydrazone groups is 1. The molecule has 0 saturated carbocycles. The van der Waals surface area contributed by atoms with Crippen LogP contribution in [0, 0.1) is 0 Å². The minimum absolute atomic E-state index is 0.0909. The predicted octanol–water partition coefficient (Wildman–Crippen LogP) is 3.57. The van der Waals surface area contributed by atoms with E-state index in [1.165, 1.54) is 25.4 Å². The van der Waals surface area contributed by atoms with E-state index in [2.05, 4.69) is 15.5 Å². The van der Waals surface area contributed by atoms with Crippen molar-refractivity contribution in [1.29, 1.82) is 0 Å². The van der Waals surface area contributed by atoms with Crippen molar-refractivity contribution in [3.63, 3.8) is 0 Å². The van der Waals surface area contributed by atoms with Gasteiger partial charge in [-0.25, -0.2) is 5.43 Å². The normalized spacial score (nSPS) is 11.9. The number of carbonyl (C=O) groups excluding carboxylic acids is 1. The molecule has 1 aromatic heterocycles. The number of aromatic nitrogens is 1. The van der Waals surface area contributed by atoms with Crippen molar-refractivity contribution >= 4 is 22.2 Å². The number of rotatable bonds is 8. The number of carbonyl (C=O) groups is 1. The van der Waals surface area contributed by atoms with Crippen LogP contribution in [-0.4, -0.2) is 32.6 Å². The van der Waals surface area contributed by atoms with E-state index in [4.69, 9.17) is 8.92 Å². The smallest absolute Gasteiger partial charge is 0.416 e. The van der Waals surface area contributed by atoms with Crippen LogP contribution in [0.25, 0.3) is 0 Å². The molecule has 34 heavy (non-hydrogen) atoms. The molecule has 1 heterocycles. The van der Waals surface area contributed by atoms with Crippen LogP contribution in [-0.2, 0) is 27.5 Å². The molecule has 0 atom stereocenters. The Labute approximate surface area is 193 Å². The topological polar surface area (TPSA) is 107 Å². The highest BCUT2D eigenvalue weighted by Gasteiger charge is 2.32. The van der Waals surface area contributed by atoms with E-state index in [1.54, 1.807) is 24.3 Å². The number of methoxy groups -OCH3 is 1. The maximum atomic E-state index is 13.2. The van der Waals surface area contributed by atoms with E-state index in [1.807, 2.05) is 0 Å². The fourth-order valence-corrected chi connectivity index (χ4v) is 3.88. The van der Waals surface area contributed by atoms with Crippen molar-refractivity contribution in [1.82, 2.24) is 10.4 Å². The summed E-state index contributed by atoms with van der Waals surface area (Å²) in [5.41, 5.74) is 1.25. The Morgan fingerprint density at radius 1 is 1.12 bits per heavy atom. The summed E-state index contributed by atoms with van der Waals surface area (Å²) in [7, 11) is -3.06. The number of benzene rings is 2. The first-order valence-corrected chi connectivity index (χ1v) is 11.0. The molecule has 0 aliphatic heterocycles. The third-order valence-electron chi connectivity index (χ3n) is 4.34. The molecule has 0 spiro atoms. The minimum Gasteiger partial charge on any atom is -0.497 e. The Balaban J connectivity index is 1.84.